The lowest BCUT2D eigenvalue weighted by Gasteiger charge is -2.22. The van der Waals surface area contributed by atoms with Gasteiger partial charge in [0.1, 0.15) is 0 Å². The normalized spacial score (nSPS) is 12.5. The number of nitriles is 1. The molecule has 0 saturated heterocycles. The van der Waals surface area contributed by atoms with Crippen molar-refractivity contribution in [2.75, 3.05) is 7.05 Å². The van der Waals surface area contributed by atoms with Crippen molar-refractivity contribution in [3.8, 4) is 6.07 Å². The summed E-state index contributed by atoms with van der Waals surface area (Å²) in [6, 6.07) is 10.3. The highest BCUT2D eigenvalue weighted by molar-refractivity contribution is 6.30. The maximum Gasteiger partial charge on any atom is 0.0638 e. The highest BCUT2D eigenvalue weighted by Gasteiger charge is 2.08. The van der Waals surface area contributed by atoms with Gasteiger partial charge in [-0.2, -0.15) is 5.26 Å². The molecule has 0 heterocycles. The average Bonchev–Trinajstić information content (AvgIpc) is 2.22. The number of nitrogens with zero attached hydrogens (tertiary/aromatic N) is 2. The van der Waals surface area contributed by atoms with Gasteiger partial charge in [-0.15, -0.1) is 0 Å². The van der Waals surface area contributed by atoms with Crippen LogP contribution in [0, 0.1) is 11.3 Å². The van der Waals surface area contributed by atoms with Gasteiger partial charge in [-0.1, -0.05) is 23.7 Å². The van der Waals surface area contributed by atoms with E-state index in [1.165, 1.54) is 5.56 Å². The van der Waals surface area contributed by atoms with Crippen molar-refractivity contribution in [3.05, 3.63) is 34.9 Å². The highest BCUT2D eigenvalue weighted by Crippen LogP contribution is 2.12. The smallest absolute Gasteiger partial charge is 0.0638 e. The largest absolute Gasteiger partial charge is 0.298 e. The van der Waals surface area contributed by atoms with E-state index in [9.17, 15) is 0 Å². The summed E-state index contributed by atoms with van der Waals surface area (Å²) in [4.78, 5) is 2.16. The summed E-state index contributed by atoms with van der Waals surface area (Å²) in [7, 11) is 2.02. The first-order valence-electron chi connectivity index (χ1n) is 4.95. The molecule has 3 heteroatoms. The molecular weight excluding hydrogens is 208 g/mol. The Balaban J connectivity index is 2.55. The molecule has 0 spiro atoms. The van der Waals surface area contributed by atoms with E-state index in [-0.39, 0.29) is 6.04 Å². The standard InChI is InChI=1S/C12H15ClN2/c1-10(7-8-14)15(2)9-11-3-5-12(13)6-4-11/h3-6,10H,7,9H2,1-2H3. The Morgan fingerprint density at radius 3 is 2.53 bits per heavy atom. The lowest BCUT2D eigenvalue weighted by Crippen LogP contribution is -2.28. The first-order chi connectivity index (χ1) is 7.13. The van der Waals surface area contributed by atoms with Crippen molar-refractivity contribution >= 4 is 11.6 Å². The van der Waals surface area contributed by atoms with E-state index in [0.717, 1.165) is 11.6 Å². The number of hydrogen-bond acceptors (Lipinski definition) is 2. The van der Waals surface area contributed by atoms with Crippen LogP contribution >= 0.6 is 11.6 Å². The number of benzene rings is 1. The molecule has 0 aromatic heterocycles. The Labute approximate surface area is 96.1 Å². The summed E-state index contributed by atoms with van der Waals surface area (Å²) in [5.74, 6) is 0. The molecule has 1 rings (SSSR count). The van der Waals surface area contributed by atoms with Crippen LogP contribution in [-0.2, 0) is 6.54 Å². The van der Waals surface area contributed by atoms with Crippen LogP contribution in [0.1, 0.15) is 18.9 Å². The molecule has 0 aliphatic carbocycles. The monoisotopic (exact) mass is 222 g/mol. The van der Waals surface area contributed by atoms with Gasteiger partial charge < -0.3 is 0 Å². The second kappa shape index (κ2) is 5.75. The molecule has 2 nitrogen and oxygen atoms in total. The van der Waals surface area contributed by atoms with Crippen LogP contribution < -0.4 is 0 Å². The molecule has 0 N–H and O–H groups in total. The van der Waals surface area contributed by atoms with Gasteiger partial charge in [-0.3, -0.25) is 4.90 Å². The van der Waals surface area contributed by atoms with Crippen LogP contribution in [0.15, 0.2) is 24.3 Å². The lowest BCUT2D eigenvalue weighted by atomic mass is 10.1. The second-order valence-corrected chi connectivity index (χ2v) is 4.19. The second-order valence-electron chi connectivity index (χ2n) is 3.75. The minimum Gasteiger partial charge on any atom is -0.298 e. The third kappa shape index (κ3) is 3.91. The number of hydrogen-bond donors (Lipinski definition) is 0. The summed E-state index contributed by atoms with van der Waals surface area (Å²) in [5, 5.41) is 9.35. The fourth-order valence-electron chi connectivity index (χ4n) is 1.32. The van der Waals surface area contributed by atoms with Gasteiger partial charge in [0.25, 0.3) is 0 Å². The maximum absolute atomic E-state index is 8.59. The fourth-order valence-corrected chi connectivity index (χ4v) is 1.45. The third-order valence-corrected chi connectivity index (χ3v) is 2.74. The summed E-state index contributed by atoms with van der Waals surface area (Å²) in [5.41, 5.74) is 1.21. The molecule has 0 amide bonds. The molecule has 1 atom stereocenters. The number of halogens is 1. The van der Waals surface area contributed by atoms with Crippen LogP contribution in [-0.4, -0.2) is 18.0 Å². The molecule has 1 aromatic carbocycles. The van der Waals surface area contributed by atoms with Crippen molar-refractivity contribution in [3.63, 3.8) is 0 Å². The highest BCUT2D eigenvalue weighted by atomic mass is 35.5. The molecule has 80 valence electrons. The predicted molar refractivity (Wildman–Crippen MR) is 62.6 cm³/mol. The van der Waals surface area contributed by atoms with Gasteiger partial charge in [0.05, 0.1) is 12.5 Å². The molecule has 1 unspecified atom stereocenters. The molecule has 0 aliphatic rings. The van der Waals surface area contributed by atoms with Gasteiger partial charge in [-0.05, 0) is 31.7 Å². The van der Waals surface area contributed by atoms with Crippen molar-refractivity contribution < 1.29 is 0 Å². The van der Waals surface area contributed by atoms with Crippen LogP contribution in [0.4, 0.5) is 0 Å². The summed E-state index contributed by atoms with van der Waals surface area (Å²) in [6.07, 6.45) is 0.560. The van der Waals surface area contributed by atoms with Gasteiger partial charge in [-0.25, -0.2) is 0 Å². The van der Waals surface area contributed by atoms with Crippen LogP contribution in [0.5, 0.6) is 0 Å². The Kier molecular flexibility index (Phi) is 4.61. The minimum atomic E-state index is 0.283. The zero-order valence-electron chi connectivity index (χ0n) is 9.07. The Hall–Kier alpha value is -1.04. The van der Waals surface area contributed by atoms with E-state index in [1.54, 1.807) is 0 Å². The van der Waals surface area contributed by atoms with Crippen LogP contribution in [0.3, 0.4) is 0 Å². The predicted octanol–water partition coefficient (Wildman–Crippen LogP) is 3.07. The zero-order valence-corrected chi connectivity index (χ0v) is 9.83. The van der Waals surface area contributed by atoms with Crippen molar-refractivity contribution in [1.29, 1.82) is 5.26 Å². The molecule has 0 aliphatic heterocycles. The molecule has 0 fully saturated rings. The molecule has 15 heavy (non-hydrogen) atoms. The summed E-state index contributed by atoms with van der Waals surface area (Å²) >= 11 is 5.80. The lowest BCUT2D eigenvalue weighted by molar-refractivity contribution is 0.252. The Bertz CT molecular complexity index is 340. The molecule has 0 radical (unpaired) electrons. The minimum absolute atomic E-state index is 0.283. The van der Waals surface area contributed by atoms with E-state index in [4.69, 9.17) is 16.9 Å². The van der Waals surface area contributed by atoms with Crippen molar-refractivity contribution in [2.24, 2.45) is 0 Å². The fraction of sp³-hybridized carbons (Fsp3) is 0.417. The van der Waals surface area contributed by atoms with E-state index in [0.29, 0.717) is 6.42 Å². The molecular formula is C12H15ClN2. The van der Waals surface area contributed by atoms with Crippen molar-refractivity contribution in [2.45, 2.75) is 25.9 Å². The zero-order chi connectivity index (χ0) is 11.3. The van der Waals surface area contributed by atoms with E-state index >= 15 is 0 Å². The summed E-state index contributed by atoms with van der Waals surface area (Å²) in [6.45, 7) is 2.90. The molecule has 0 saturated carbocycles. The number of rotatable bonds is 4. The first kappa shape index (κ1) is 12.0. The topological polar surface area (TPSA) is 27.0 Å². The van der Waals surface area contributed by atoms with E-state index in [2.05, 4.69) is 17.9 Å². The Morgan fingerprint density at radius 1 is 1.40 bits per heavy atom. The van der Waals surface area contributed by atoms with Gasteiger partial charge in [0.15, 0.2) is 0 Å². The van der Waals surface area contributed by atoms with Gasteiger partial charge in [0.2, 0.25) is 0 Å². The quantitative estimate of drug-likeness (QED) is 0.783. The molecule has 1 aromatic rings. The maximum atomic E-state index is 8.59. The third-order valence-electron chi connectivity index (χ3n) is 2.48. The molecule has 0 bridgehead atoms. The Morgan fingerprint density at radius 2 is 2.00 bits per heavy atom. The summed E-state index contributed by atoms with van der Waals surface area (Å²) < 4.78 is 0. The first-order valence-corrected chi connectivity index (χ1v) is 5.33. The van der Waals surface area contributed by atoms with E-state index < -0.39 is 0 Å². The van der Waals surface area contributed by atoms with Crippen molar-refractivity contribution in [1.82, 2.24) is 4.90 Å². The van der Waals surface area contributed by atoms with Gasteiger partial charge >= 0.3 is 0 Å². The van der Waals surface area contributed by atoms with Crippen LogP contribution in [0.25, 0.3) is 0 Å². The van der Waals surface area contributed by atoms with Crippen LogP contribution in [0.2, 0.25) is 5.02 Å². The SMILES string of the molecule is CC(CC#N)N(C)Cc1ccc(Cl)cc1. The average molecular weight is 223 g/mol. The van der Waals surface area contributed by atoms with E-state index in [1.807, 2.05) is 31.3 Å². The van der Waals surface area contributed by atoms with Gasteiger partial charge in [0, 0.05) is 17.6 Å².